The Morgan fingerprint density at radius 1 is 1.43 bits per heavy atom. The first-order chi connectivity index (χ1) is 9.90. The summed E-state index contributed by atoms with van der Waals surface area (Å²) < 4.78 is 6.49. The van der Waals surface area contributed by atoms with Crippen LogP contribution in [0.3, 0.4) is 0 Å². The molecule has 0 aromatic carbocycles. The molecule has 116 valence electrons. The van der Waals surface area contributed by atoms with Crippen LogP contribution in [0.25, 0.3) is 0 Å². The van der Waals surface area contributed by atoms with Crippen molar-refractivity contribution < 1.29 is 14.3 Å². The Hall–Kier alpha value is -1.91. The zero-order valence-electron chi connectivity index (χ0n) is 13.1. The Morgan fingerprint density at radius 3 is 2.62 bits per heavy atom. The van der Waals surface area contributed by atoms with Crippen LogP contribution in [-0.4, -0.2) is 23.4 Å². The van der Waals surface area contributed by atoms with Gasteiger partial charge in [0.25, 0.3) is 5.56 Å². The molecule has 0 aliphatic carbocycles. The van der Waals surface area contributed by atoms with Gasteiger partial charge < -0.3 is 14.1 Å². The molecule has 0 aliphatic heterocycles. The van der Waals surface area contributed by atoms with E-state index in [1.165, 1.54) is 4.57 Å². The van der Waals surface area contributed by atoms with Crippen molar-refractivity contribution in [2.24, 2.45) is 5.92 Å². The number of carbonyl (C=O) groups excluding carboxylic acids is 2. The summed E-state index contributed by atoms with van der Waals surface area (Å²) in [7, 11) is 0. The largest absolute Gasteiger partial charge is 0.464 e. The van der Waals surface area contributed by atoms with Crippen molar-refractivity contribution in [1.29, 1.82) is 0 Å². The summed E-state index contributed by atoms with van der Waals surface area (Å²) in [6.07, 6.45) is 3.11. The van der Waals surface area contributed by atoms with Gasteiger partial charge in [0.1, 0.15) is 12.3 Å². The van der Waals surface area contributed by atoms with Crippen molar-refractivity contribution >= 4 is 12.3 Å². The molecule has 0 aliphatic rings. The smallest absolute Gasteiger partial charge is 0.329 e. The molecule has 0 spiro atoms. The molecule has 0 bridgehead atoms. The molecule has 0 radical (unpaired) electrons. The van der Waals surface area contributed by atoms with Crippen molar-refractivity contribution in [2.45, 2.75) is 46.6 Å². The predicted molar refractivity (Wildman–Crippen MR) is 80.3 cm³/mol. The minimum absolute atomic E-state index is 0.219. The summed E-state index contributed by atoms with van der Waals surface area (Å²) in [4.78, 5) is 35.2. The third kappa shape index (κ3) is 4.55. The van der Waals surface area contributed by atoms with E-state index in [0.717, 1.165) is 11.8 Å². The van der Waals surface area contributed by atoms with Crippen LogP contribution >= 0.6 is 0 Å². The van der Waals surface area contributed by atoms with Gasteiger partial charge in [-0.3, -0.25) is 4.79 Å². The lowest BCUT2D eigenvalue weighted by molar-refractivity contribution is -0.147. The monoisotopic (exact) mass is 293 g/mol. The van der Waals surface area contributed by atoms with Gasteiger partial charge in [-0.25, -0.2) is 4.79 Å². The maximum absolute atomic E-state index is 12.3. The van der Waals surface area contributed by atoms with Crippen molar-refractivity contribution in [3.63, 3.8) is 0 Å². The number of esters is 1. The molecule has 1 aromatic rings. The first kappa shape index (κ1) is 17.1. The molecule has 1 aromatic heterocycles. The summed E-state index contributed by atoms with van der Waals surface area (Å²) in [6.45, 7) is 7.67. The van der Waals surface area contributed by atoms with Crippen LogP contribution < -0.4 is 5.56 Å². The molecule has 5 nitrogen and oxygen atoms in total. The maximum atomic E-state index is 12.3. The molecule has 5 heteroatoms. The highest BCUT2D eigenvalue weighted by atomic mass is 16.5. The van der Waals surface area contributed by atoms with Gasteiger partial charge in [0.15, 0.2) is 0 Å². The second-order valence-corrected chi connectivity index (χ2v) is 5.51. The van der Waals surface area contributed by atoms with E-state index in [9.17, 15) is 14.4 Å². The summed E-state index contributed by atoms with van der Waals surface area (Å²) in [5.41, 5.74) is 1.02. The fourth-order valence-electron chi connectivity index (χ4n) is 2.27. The summed E-state index contributed by atoms with van der Waals surface area (Å²) >= 11 is 0. The predicted octanol–water partition coefficient (Wildman–Crippen LogP) is 2.05. The van der Waals surface area contributed by atoms with Crippen LogP contribution in [0.5, 0.6) is 0 Å². The molecule has 0 N–H and O–H groups in total. The van der Waals surface area contributed by atoms with E-state index in [1.54, 1.807) is 26.1 Å². The maximum Gasteiger partial charge on any atom is 0.329 e. The number of pyridine rings is 1. The number of nitrogens with zero attached hydrogens (tertiary/aromatic N) is 1. The Balaban J connectivity index is 3.31. The normalized spacial score (nSPS) is 12.2. The number of aryl methyl sites for hydroxylation is 1. The molecular formula is C16H23NO4. The summed E-state index contributed by atoms with van der Waals surface area (Å²) in [5, 5.41) is 0. The molecule has 1 atom stereocenters. The number of hydrogen-bond donors (Lipinski definition) is 0. The highest BCUT2D eigenvalue weighted by Gasteiger charge is 2.24. The van der Waals surface area contributed by atoms with Gasteiger partial charge in [-0.2, -0.15) is 0 Å². The zero-order valence-corrected chi connectivity index (χ0v) is 13.1. The van der Waals surface area contributed by atoms with E-state index < -0.39 is 12.0 Å². The van der Waals surface area contributed by atoms with Gasteiger partial charge in [-0.15, -0.1) is 0 Å². The third-order valence-corrected chi connectivity index (χ3v) is 3.19. The molecule has 0 amide bonds. The van der Waals surface area contributed by atoms with Crippen LogP contribution in [0.15, 0.2) is 17.1 Å². The SMILES string of the molecule is CCOC(=O)C(CC(C)C)n1cc(CC=O)cc(C)c1=O. The Kier molecular flexibility index (Phi) is 6.34. The van der Waals surface area contributed by atoms with Gasteiger partial charge in [0, 0.05) is 18.2 Å². The number of ether oxygens (including phenoxy) is 1. The van der Waals surface area contributed by atoms with Gasteiger partial charge >= 0.3 is 5.97 Å². The van der Waals surface area contributed by atoms with Crippen LogP contribution in [-0.2, 0) is 20.7 Å². The van der Waals surface area contributed by atoms with Crippen LogP contribution in [0.1, 0.15) is 44.4 Å². The van der Waals surface area contributed by atoms with Crippen LogP contribution in [0.4, 0.5) is 0 Å². The zero-order chi connectivity index (χ0) is 16.0. The van der Waals surface area contributed by atoms with E-state index in [2.05, 4.69) is 0 Å². The standard InChI is InChI=1S/C16H23NO4/c1-5-21-16(20)14(8-11(2)3)17-10-13(6-7-18)9-12(4)15(17)19/h7,9-11,14H,5-6,8H2,1-4H3. The van der Waals surface area contributed by atoms with Crippen LogP contribution in [0.2, 0.25) is 0 Å². The number of aldehydes is 1. The van der Waals surface area contributed by atoms with Crippen molar-refractivity contribution in [2.75, 3.05) is 6.61 Å². The molecule has 0 saturated carbocycles. The summed E-state index contributed by atoms with van der Waals surface area (Å²) in [5.74, 6) is -0.169. The molecule has 0 saturated heterocycles. The average Bonchev–Trinajstić information content (AvgIpc) is 2.40. The summed E-state index contributed by atoms with van der Waals surface area (Å²) in [6, 6.07) is 1.04. The van der Waals surface area contributed by atoms with Crippen molar-refractivity contribution in [3.05, 3.63) is 33.7 Å². The van der Waals surface area contributed by atoms with E-state index in [1.807, 2.05) is 13.8 Å². The number of aromatic nitrogens is 1. The average molecular weight is 293 g/mol. The van der Waals surface area contributed by atoms with E-state index in [-0.39, 0.29) is 24.5 Å². The van der Waals surface area contributed by atoms with Crippen molar-refractivity contribution in [1.82, 2.24) is 4.57 Å². The number of hydrogen-bond acceptors (Lipinski definition) is 4. The first-order valence-electron chi connectivity index (χ1n) is 7.22. The van der Waals surface area contributed by atoms with E-state index in [4.69, 9.17) is 4.74 Å². The van der Waals surface area contributed by atoms with Gasteiger partial charge in [-0.1, -0.05) is 13.8 Å². The topological polar surface area (TPSA) is 65.4 Å². The minimum atomic E-state index is -0.650. The van der Waals surface area contributed by atoms with Gasteiger partial charge in [-0.05, 0) is 37.8 Å². The molecule has 0 fully saturated rings. The van der Waals surface area contributed by atoms with Gasteiger partial charge in [0.05, 0.1) is 6.61 Å². The quantitative estimate of drug-likeness (QED) is 0.570. The third-order valence-electron chi connectivity index (χ3n) is 3.19. The number of rotatable bonds is 7. The highest BCUT2D eigenvalue weighted by Crippen LogP contribution is 2.19. The second-order valence-electron chi connectivity index (χ2n) is 5.51. The Labute approximate surface area is 124 Å². The lowest BCUT2D eigenvalue weighted by atomic mass is 10.0. The fraction of sp³-hybridized carbons (Fsp3) is 0.562. The van der Waals surface area contributed by atoms with E-state index in [0.29, 0.717) is 12.0 Å². The highest BCUT2D eigenvalue weighted by molar-refractivity contribution is 5.74. The first-order valence-corrected chi connectivity index (χ1v) is 7.22. The van der Waals surface area contributed by atoms with Crippen LogP contribution in [0, 0.1) is 12.8 Å². The second kappa shape index (κ2) is 7.76. The Bertz CT molecular complexity index is 560. The molecule has 1 heterocycles. The van der Waals surface area contributed by atoms with Gasteiger partial charge in [0.2, 0.25) is 0 Å². The molecule has 21 heavy (non-hydrogen) atoms. The molecule has 1 unspecified atom stereocenters. The Morgan fingerprint density at radius 2 is 2.10 bits per heavy atom. The molecule has 1 rings (SSSR count). The molecular weight excluding hydrogens is 270 g/mol. The fourth-order valence-corrected chi connectivity index (χ4v) is 2.27. The minimum Gasteiger partial charge on any atom is -0.464 e. The lowest BCUT2D eigenvalue weighted by Crippen LogP contribution is -2.33. The number of carbonyl (C=O) groups is 2. The van der Waals surface area contributed by atoms with E-state index >= 15 is 0 Å². The van der Waals surface area contributed by atoms with Crippen molar-refractivity contribution in [3.8, 4) is 0 Å². The lowest BCUT2D eigenvalue weighted by Gasteiger charge is -2.21.